The van der Waals surface area contributed by atoms with Crippen molar-refractivity contribution in [1.29, 1.82) is 0 Å². The molecule has 0 aromatic rings. The van der Waals surface area contributed by atoms with Crippen molar-refractivity contribution in [3.63, 3.8) is 0 Å². The number of hydrogen-bond acceptors (Lipinski definition) is 0. The zero-order chi connectivity index (χ0) is 4.28. The summed E-state index contributed by atoms with van der Waals surface area (Å²) in [6.07, 6.45) is 2.94. The Bertz CT molecular complexity index is 46.0. The molecule has 0 spiro atoms. The predicted molar refractivity (Wildman–Crippen MR) is 29.5 cm³/mol. The van der Waals surface area contributed by atoms with Gasteiger partial charge in [-0.1, -0.05) is 13.8 Å². The van der Waals surface area contributed by atoms with Crippen LogP contribution in [0.5, 0.6) is 0 Å². The van der Waals surface area contributed by atoms with E-state index in [4.69, 9.17) is 0 Å². The van der Waals surface area contributed by atoms with Gasteiger partial charge in [0, 0.05) is 0 Å². The van der Waals surface area contributed by atoms with Gasteiger partial charge in [0.25, 0.3) is 0 Å². The van der Waals surface area contributed by atoms with E-state index in [1.54, 1.807) is 0 Å². The number of allylic oxidation sites excluding steroid dienone is 2. The fraction of sp³-hybridized carbons (Fsp3) is 0.600. The van der Waals surface area contributed by atoms with Gasteiger partial charge in [-0.25, -0.2) is 0 Å². The Kier molecular flexibility index (Phi) is 22.6. The van der Waals surface area contributed by atoms with E-state index in [2.05, 4.69) is 6.08 Å². The number of halogens is 1. The fourth-order valence-corrected chi connectivity index (χ4v) is 0. The molecule has 0 fully saturated rings. The second-order valence-electron chi connectivity index (χ2n) is 1.25. The molecule has 0 nitrogen and oxygen atoms in total. The number of hydrogen-bond donors (Lipinski definition) is 0. The van der Waals surface area contributed by atoms with E-state index in [0.717, 1.165) is 0 Å². The minimum atomic E-state index is 0. The Morgan fingerprint density at radius 1 is 1.29 bits per heavy atom. The summed E-state index contributed by atoms with van der Waals surface area (Å²) in [5.41, 5.74) is 1.25. The first-order chi connectivity index (χ1) is 2.27. The van der Waals surface area contributed by atoms with Gasteiger partial charge in [0.05, 0.1) is 0 Å². The maximum atomic E-state index is 2.94. The van der Waals surface area contributed by atoms with E-state index in [-0.39, 0.29) is 40.0 Å². The van der Waals surface area contributed by atoms with E-state index < -0.39 is 0 Å². The van der Waals surface area contributed by atoms with Crippen molar-refractivity contribution in [3.8, 4) is 0 Å². The van der Waals surface area contributed by atoms with Crippen LogP contribution in [0.15, 0.2) is 5.57 Å². The zero-order valence-corrected chi connectivity index (χ0v) is 8.09. The summed E-state index contributed by atoms with van der Waals surface area (Å²) in [7, 11) is 0. The van der Waals surface area contributed by atoms with Gasteiger partial charge in [0.15, 0.2) is 0 Å². The van der Waals surface area contributed by atoms with E-state index in [0.29, 0.717) is 0 Å². The molecule has 0 amide bonds. The summed E-state index contributed by atoms with van der Waals surface area (Å²) in [6, 6.07) is 0. The number of rotatable bonds is 0. The molecule has 0 aliphatic carbocycles. The van der Waals surface area contributed by atoms with Crippen LogP contribution in [-0.4, -0.2) is 23.1 Å². The molecule has 0 atom stereocenters. The van der Waals surface area contributed by atoms with Gasteiger partial charge in [0.1, 0.15) is 0 Å². The Hall–Kier alpha value is 0.986. The third-order valence-corrected chi connectivity index (χ3v) is 0.500. The first-order valence-electron chi connectivity index (χ1n) is 1.75. The van der Waals surface area contributed by atoms with Crippen molar-refractivity contribution >= 4 is 23.1 Å². The maximum absolute atomic E-state index is 2.94. The molecule has 0 aliphatic heterocycles. The molecule has 0 heterocycles. The standard InChI is InChI=1S/C5H9.BrH.Mg/c1-4-5(2)3;;/h1-3H3;1H;/q-1;;+2/p-1. The third kappa shape index (κ3) is 19.5. The molecule has 0 aromatic carbocycles. The molecule has 0 bridgehead atoms. The average molecular weight is 173 g/mol. The predicted octanol–water partition coefficient (Wildman–Crippen LogP) is -1.60. The SMILES string of the molecule is C[C-]=C(C)C.[Br-].[Mg+2]. The Balaban J connectivity index is -0.0000000800. The molecule has 2 heteroatoms. The fourth-order valence-electron chi connectivity index (χ4n) is 0. The second-order valence-corrected chi connectivity index (χ2v) is 1.25. The largest absolute Gasteiger partial charge is 2.00 e. The summed E-state index contributed by atoms with van der Waals surface area (Å²) in [4.78, 5) is 0. The van der Waals surface area contributed by atoms with Gasteiger partial charge in [-0.2, -0.15) is 6.92 Å². The van der Waals surface area contributed by atoms with Gasteiger partial charge in [-0.3, -0.25) is 5.57 Å². The van der Waals surface area contributed by atoms with E-state index >= 15 is 0 Å². The van der Waals surface area contributed by atoms with Gasteiger partial charge in [0.2, 0.25) is 0 Å². The van der Waals surface area contributed by atoms with Crippen molar-refractivity contribution in [2.75, 3.05) is 0 Å². The molecule has 0 unspecified atom stereocenters. The Labute approximate surface area is 72.3 Å². The summed E-state index contributed by atoms with van der Waals surface area (Å²) in [5.74, 6) is 0. The van der Waals surface area contributed by atoms with Crippen LogP contribution in [0.2, 0.25) is 0 Å². The van der Waals surface area contributed by atoms with Crippen LogP contribution >= 0.6 is 0 Å². The Morgan fingerprint density at radius 2 is 1.43 bits per heavy atom. The van der Waals surface area contributed by atoms with Gasteiger partial charge < -0.3 is 23.1 Å². The van der Waals surface area contributed by atoms with Crippen molar-refractivity contribution in [2.45, 2.75) is 20.8 Å². The molecule has 7 heavy (non-hydrogen) atoms. The van der Waals surface area contributed by atoms with Crippen LogP contribution in [-0.2, 0) is 0 Å². The van der Waals surface area contributed by atoms with Gasteiger partial charge in [-0.05, 0) is 0 Å². The summed E-state index contributed by atoms with van der Waals surface area (Å²) >= 11 is 0. The van der Waals surface area contributed by atoms with Gasteiger partial charge >= 0.3 is 23.1 Å². The monoisotopic (exact) mass is 172 g/mol. The van der Waals surface area contributed by atoms with Crippen molar-refractivity contribution in [3.05, 3.63) is 11.6 Å². The minimum absolute atomic E-state index is 0. The topological polar surface area (TPSA) is 0 Å². The van der Waals surface area contributed by atoms with E-state index in [1.807, 2.05) is 20.8 Å². The van der Waals surface area contributed by atoms with Crippen LogP contribution in [0.25, 0.3) is 0 Å². The van der Waals surface area contributed by atoms with Crippen LogP contribution in [0, 0.1) is 6.08 Å². The Morgan fingerprint density at radius 3 is 1.43 bits per heavy atom. The van der Waals surface area contributed by atoms with Crippen LogP contribution in [0.1, 0.15) is 20.8 Å². The molecule has 0 aliphatic rings. The van der Waals surface area contributed by atoms with Gasteiger partial charge in [-0.15, -0.1) is 0 Å². The first-order valence-corrected chi connectivity index (χ1v) is 1.75. The molecular weight excluding hydrogens is 164 g/mol. The van der Waals surface area contributed by atoms with E-state index in [9.17, 15) is 0 Å². The van der Waals surface area contributed by atoms with Crippen molar-refractivity contribution < 1.29 is 17.0 Å². The normalized spacial score (nSPS) is 5.00. The molecule has 0 saturated carbocycles. The molecule has 0 aromatic heterocycles. The average Bonchev–Trinajstić information content (AvgIpc) is 1.38. The smallest absolute Gasteiger partial charge is 1.00 e. The third-order valence-electron chi connectivity index (χ3n) is 0.500. The quantitative estimate of drug-likeness (QED) is 0.306. The summed E-state index contributed by atoms with van der Waals surface area (Å²) in [5, 5.41) is 0. The van der Waals surface area contributed by atoms with Crippen LogP contribution in [0.3, 0.4) is 0 Å². The zero-order valence-electron chi connectivity index (χ0n) is 5.09. The van der Waals surface area contributed by atoms with Crippen LogP contribution < -0.4 is 17.0 Å². The minimum Gasteiger partial charge on any atom is -1.00 e. The first kappa shape index (κ1) is 15.7. The summed E-state index contributed by atoms with van der Waals surface area (Å²) < 4.78 is 0. The molecule has 38 valence electrons. The maximum Gasteiger partial charge on any atom is 2.00 e. The van der Waals surface area contributed by atoms with Crippen LogP contribution in [0.4, 0.5) is 0 Å². The molecular formula is C5H9BrMg. The molecule has 0 rings (SSSR count). The van der Waals surface area contributed by atoms with Crippen molar-refractivity contribution in [1.82, 2.24) is 0 Å². The summed E-state index contributed by atoms with van der Waals surface area (Å²) in [6.45, 7) is 5.97. The molecule has 0 saturated heterocycles. The van der Waals surface area contributed by atoms with Crippen molar-refractivity contribution in [2.24, 2.45) is 0 Å². The molecule has 0 N–H and O–H groups in total. The van der Waals surface area contributed by atoms with E-state index in [1.165, 1.54) is 5.57 Å². The molecule has 0 radical (unpaired) electrons. The second kappa shape index (κ2) is 10.1.